The average molecular weight is 433 g/mol. The van der Waals surface area contributed by atoms with E-state index in [0.29, 0.717) is 10.8 Å². The normalized spacial score (nSPS) is 11.0. The molecule has 0 aromatic heterocycles. The van der Waals surface area contributed by atoms with Gasteiger partial charge < -0.3 is 14.8 Å². The van der Waals surface area contributed by atoms with E-state index in [0.717, 1.165) is 10.6 Å². The predicted molar refractivity (Wildman–Crippen MR) is 107 cm³/mol. The lowest BCUT2D eigenvalue weighted by atomic mass is 10.2. The molecule has 0 fully saturated rings. The van der Waals surface area contributed by atoms with Crippen molar-refractivity contribution in [2.75, 3.05) is 36.6 Å². The molecule has 27 heavy (non-hydrogen) atoms. The fourth-order valence-electron chi connectivity index (χ4n) is 2.29. The third-order valence-electron chi connectivity index (χ3n) is 3.54. The lowest BCUT2D eigenvalue weighted by Crippen LogP contribution is -2.37. The van der Waals surface area contributed by atoms with Gasteiger partial charge in [0.05, 0.1) is 36.9 Å². The van der Waals surface area contributed by atoms with E-state index >= 15 is 0 Å². The van der Waals surface area contributed by atoms with Gasteiger partial charge in [0.1, 0.15) is 18.0 Å². The van der Waals surface area contributed by atoms with Crippen LogP contribution in [-0.2, 0) is 14.8 Å². The number of rotatable bonds is 7. The van der Waals surface area contributed by atoms with Crippen LogP contribution in [0.5, 0.6) is 11.5 Å². The fourth-order valence-corrected chi connectivity index (χ4v) is 3.47. The molecule has 0 atom stereocenters. The van der Waals surface area contributed by atoms with Crippen LogP contribution < -0.4 is 19.1 Å². The van der Waals surface area contributed by atoms with Gasteiger partial charge in [0.2, 0.25) is 15.9 Å². The fraction of sp³-hybridized carbons (Fsp3) is 0.235. The van der Waals surface area contributed by atoms with Gasteiger partial charge in [-0.05, 0) is 30.3 Å². The number of hydrogen-bond acceptors (Lipinski definition) is 5. The van der Waals surface area contributed by atoms with Gasteiger partial charge in [-0.15, -0.1) is 0 Å². The van der Waals surface area contributed by atoms with Gasteiger partial charge in [0.15, 0.2) is 0 Å². The summed E-state index contributed by atoms with van der Waals surface area (Å²) in [5, 5.41) is 3.21. The molecule has 1 N–H and O–H groups in total. The Morgan fingerprint density at radius 3 is 2.41 bits per heavy atom. The first-order valence-electron chi connectivity index (χ1n) is 7.60. The first-order valence-corrected chi connectivity index (χ1v) is 10.2. The SMILES string of the molecule is COc1ccc(OC)c(N(CC(=O)Nc2cc(Cl)ccc2Cl)S(C)(=O)=O)c1. The lowest BCUT2D eigenvalue weighted by molar-refractivity contribution is -0.114. The zero-order valence-corrected chi connectivity index (χ0v) is 17.2. The second-order valence-electron chi connectivity index (χ2n) is 5.48. The molecule has 0 aliphatic rings. The van der Waals surface area contributed by atoms with Crippen LogP contribution >= 0.6 is 23.2 Å². The van der Waals surface area contributed by atoms with Crippen molar-refractivity contribution in [2.45, 2.75) is 0 Å². The number of nitrogens with one attached hydrogen (secondary N) is 1. The molecule has 0 bridgehead atoms. The molecular weight excluding hydrogens is 415 g/mol. The van der Waals surface area contributed by atoms with E-state index in [-0.39, 0.29) is 22.1 Å². The smallest absolute Gasteiger partial charge is 0.245 e. The van der Waals surface area contributed by atoms with Crippen LogP contribution in [0.25, 0.3) is 0 Å². The van der Waals surface area contributed by atoms with Gasteiger partial charge in [0, 0.05) is 11.1 Å². The molecule has 0 spiro atoms. The molecule has 7 nitrogen and oxygen atoms in total. The van der Waals surface area contributed by atoms with Crippen molar-refractivity contribution in [3.05, 3.63) is 46.4 Å². The van der Waals surface area contributed by atoms with Gasteiger partial charge in [-0.2, -0.15) is 0 Å². The minimum Gasteiger partial charge on any atom is -0.497 e. The molecule has 2 aromatic carbocycles. The predicted octanol–water partition coefficient (Wildman–Crippen LogP) is 3.42. The molecule has 146 valence electrons. The Hall–Kier alpha value is -2.16. The number of hydrogen-bond donors (Lipinski definition) is 1. The van der Waals surface area contributed by atoms with E-state index in [1.54, 1.807) is 18.2 Å². The van der Waals surface area contributed by atoms with Crippen molar-refractivity contribution in [1.29, 1.82) is 0 Å². The summed E-state index contributed by atoms with van der Waals surface area (Å²) in [6, 6.07) is 9.22. The summed E-state index contributed by atoms with van der Waals surface area (Å²) in [5.74, 6) is 0.0852. The third-order valence-corrected chi connectivity index (χ3v) is 5.24. The molecule has 10 heteroatoms. The van der Waals surface area contributed by atoms with Crippen molar-refractivity contribution < 1.29 is 22.7 Å². The van der Waals surface area contributed by atoms with E-state index in [4.69, 9.17) is 32.7 Å². The van der Waals surface area contributed by atoms with Gasteiger partial charge >= 0.3 is 0 Å². The Labute approximate surface area is 167 Å². The average Bonchev–Trinajstić information content (AvgIpc) is 2.61. The maximum atomic E-state index is 12.5. The summed E-state index contributed by atoms with van der Waals surface area (Å²) in [6.45, 7) is -0.495. The highest BCUT2D eigenvalue weighted by Gasteiger charge is 2.25. The van der Waals surface area contributed by atoms with Crippen molar-refractivity contribution in [3.8, 4) is 11.5 Å². The molecule has 2 aromatic rings. The number of sulfonamides is 1. The largest absolute Gasteiger partial charge is 0.497 e. The lowest BCUT2D eigenvalue weighted by Gasteiger charge is -2.24. The summed E-state index contributed by atoms with van der Waals surface area (Å²) in [4.78, 5) is 12.5. The summed E-state index contributed by atoms with van der Waals surface area (Å²) in [5.41, 5.74) is 0.451. The van der Waals surface area contributed by atoms with Crippen LogP contribution in [0.2, 0.25) is 10.0 Å². The molecule has 2 rings (SSSR count). The molecule has 0 saturated carbocycles. The monoisotopic (exact) mass is 432 g/mol. The van der Waals surface area contributed by atoms with Crippen LogP contribution in [-0.4, -0.2) is 41.3 Å². The van der Waals surface area contributed by atoms with E-state index in [9.17, 15) is 13.2 Å². The van der Waals surface area contributed by atoms with Crippen molar-refractivity contribution in [2.24, 2.45) is 0 Å². The summed E-state index contributed by atoms with van der Waals surface area (Å²) in [7, 11) is -0.954. The number of nitrogens with zero attached hydrogens (tertiary/aromatic N) is 1. The molecule has 0 aliphatic heterocycles. The molecule has 0 radical (unpaired) electrons. The first-order chi connectivity index (χ1) is 12.7. The molecule has 0 saturated heterocycles. The quantitative estimate of drug-likeness (QED) is 0.724. The third kappa shape index (κ3) is 5.41. The Morgan fingerprint density at radius 1 is 1.11 bits per heavy atom. The Morgan fingerprint density at radius 2 is 1.81 bits per heavy atom. The number of methoxy groups -OCH3 is 2. The van der Waals surface area contributed by atoms with Crippen LogP contribution in [0.4, 0.5) is 11.4 Å². The second kappa shape index (κ2) is 8.69. The number of anilines is 2. The topological polar surface area (TPSA) is 84.9 Å². The van der Waals surface area contributed by atoms with Gasteiger partial charge in [-0.1, -0.05) is 23.2 Å². The summed E-state index contributed by atoms with van der Waals surface area (Å²) in [6.07, 6.45) is 0.992. The highest BCUT2D eigenvalue weighted by molar-refractivity contribution is 7.92. The molecule has 0 unspecified atom stereocenters. The first kappa shape index (κ1) is 21.1. The number of carbonyl (C=O) groups is 1. The number of carbonyl (C=O) groups excluding carboxylic acids is 1. The van der Waals surface area contributed by atoms with Crippen molar-refractivity contribution >= 4 is 50.5 Å². The standard InChI is InChI=1S/C17H18Cl2N2O5S/c1-25-12-5-7-16(26-2)15(9-12)21(27(3,23)24)10-17(22)20-14-8-11(18)4-6-13(14)19/h4-9H,10H2,1-3H3,(H,20,22). The van der Waals surface area contributed by atoms with Crippen LogP contribution in [0.1, 0.15) is 0 Å². The van der Waals surface area contributed by atoms with Gasteiger partial charge in [-0.3, -0.25) is 9.10 Å². The van der Waals surface area contributed by atoms with Gasteiger partial charge in [0.25, 0.3) is 0 Å². The minimum atomic E-state index is -3.80. The van der Waals surface area contributed by atoms with Crippen molar-refractivity contribution in [1.82, 2.24) is 0 Å². The maximum Gasteiger partial charge on any atom is 0.245 e. The Kier molecular flexibility index (Phi) is 6.80. The van der Waals surface area contributed by atoms with Crippen LogP contribution in [0.3, 0.4) is 0 Å². The number of amides is 1. The van der Waals surface area contributed by atoms with Crippen LogP contribution in [0.15, 0.2) is 36.4 Å². The molecule has 1 amide bonds. The zero-order valence-electron chi connectivity index (χ0n) is 14.8. The Bertz CT molecular complexity index is 950. The summed E-state index contributed by atoms with van der Waals surface area (Å²) < 4.78 is 35.9. The second-order valence-corrected chi connectivity index (χ2v) is 8.23. The highest BCUT2D eigenvalue weighted by atomic mass is 35.5. The van der Waals surface area contributed by atoms with Gasteiger partial charge in [-0.25, -0.2) is 8.42 Å². The molecule has 0 heterocycles. The van der Waals surface area contributed by atoms with Crippen LogP contribution in [0, 0.1) is 0 Å². The van der Waals surface area contributed by atoms with E-state index in [2.05, 4.69) is 5.32 Å². The Balaban J connectivity index is 2.36. The van der Waals surface area contributed by atoms with E-state index in [1.807, 2.05) is 0 Å². The zero-order chi connectivity index (χ0) is 20.2. The minimum absolute atomic E-state index is 0.173. The molecular formula is C17H18Cl2N2O5S. The number of ether oxygens (including phenoxy) is 2. The molecule has 0 aliphatic carbocycles. The summed E-state index contributed by atoms with van der Waals surface area (Å²) >= 11 is 11.9. The highest BCUT2D eigenvalue weighted by Crippen LogP contribution is 2.34. The number of halogens is 2. The number of benzene rings is 2. The maximum absolute atomic E-state index is 12.5. The van der Waals surface area contributed by atoms with E-state index in [1.165, 1.54) is 32.4 Å². The van der Waals surface area contributed by atoms with E-state index < -0.39 is 22.5 Å². The van der Waals surface area contributed by atoms with Crippen molar-refractivity contribution in [3.63, 3.8) is 0 Å².